The fourth-order valence-electron chi connectivity index (χ4n) is 1.37. The van der Waals surface area contributed by atoms with Gasteiger partial charge >= 0.3 is 12.0 Å². The first-order valence-corrected chi connectivity index (χ1v) is 6.50. The van der Waals surface area contributed by atoms with Crippen LogP contribution in [0, 0.1) is 11.8 Å². The van der Waals surface area contributed by atoms with E-state index in [0.29, 0.717) is 6.54 Å². The third kappa shape index (κ3) is 4.70. The number of carboxylic acids is 1. The van der Waals surface area contributed by atoms with Gasteiger partial charge in [-0.05, 0) is 5.92 Å². The van der Waals surface area contributed by atoms with Crippen LogP contribution in [0.2, 0.25) is 0 Å². The standard InChI is InChI=1S/C11H17N3O3S/c1-7(2)9(10(15)16)5-14-11(17)13-4-8-3-12-6-18-8/h3,6-7,9H,4-5H2,1-2H3,(H,15,16)(H2,13,14,17). The lowest BCUT2D eigenvalue weighted by atomic mass is 9.96. The predicted molar refractivity (Wildman–Crippen MR) is 68.3 cm³/mol. The number of nitrogens with one attached hydrogen (secondary N) is 2. The Kier molecular flexibility index (Phi) is 5.57. The molecule has 1 unspecified atom stereocenters. The molecule has 6 nitrogen and oxygen atoms in total. The minimum absolute atomic E-state index is 0.0238. The van der Waals surface area contributed by atoms with Crippen molar-refractivity contribution in [3.05, 3.63) is 16.6 Å². The second kappa shape index (κ2) is 6.95. The smallest absolute Gasteiger partial charge is 0.315 e. The zero-order valence-electron chi connectivity index (χ0n) is 10.3. The molecule has 3 N–H and O–H groups in total. The number of carbonyl (C=O) groups is 2. The van der Waals surface area contributed by atoms with Crippen molar-refractivity contribution >= 4 is 23.3 Å². The lowest BCUT2D eigenvalue weighted by Crippen LogP contribution is -2.40. The van der Waals surface area contributed by atoms with Gasteiger partial charge in [0.25, 0.3) is 0 Å². The summed E-state index contributed by atoms with van der Waals surface area (Å²) in [4.78, 5) is 27.2. The molecule has 18 heavy (non-hydrogen) atoms. The van der Waals surface area contributed by atoms with Crippen LogP contribution >= 0.6 is 11.3 Å². The second-order valence-electron chi connectivity index (χ2n) is 4.22. The fraction of sp³-hybridized carbons (Fsp3) is 0.545. The number of aliphatic carboxylic acids is 1. The maximum absolute atomic E-state index is 11.5. The van der Waals surface area contributed by atoms with Gasteiger partial charge in [0.1, 0.15) is 0 Å². The van der Waals surface area contributed by atoms with Gasteiger partial charge in [-0.15, -0.1) is 11.3 Å². The van der Waals surface area contributed by atoms with E-state index in [1.54, 1.807) is 11.7 Å². The summed E-state index contributed by atoms with van der Waals surface area (Å²) in [5.41, 5.74) is 1.69. The van der Waals surface area contributed by atoms with E-state index in [4.69, 9.17) is 5.11 Å². The molecule has 0 bridgehead atoms. The molecule has 1 atom stereocenters. The summed E-state index contributed by atoms with van der Waals surface area (Å²) in [6.07, 6.45) is 1.68. The van der Waals surface area contributed by atoms with Gasteiger partial charge in [0.15, 0.2) is 0 Å². The van der Waals surface area contributed by atoms with E-state index in [2.05, 4.69) is 15.6 Å². The molecule has 2 amide bonds. The quantitative estimate of drug-likeness (QED) is 0.727. The van der Waals surface area contributed by atoms with Crippen LogP contribution in [0.5, 0.6) is 0 Å². The number of carboxylic acid groups (broad SMARTS) is 1. The molecule has 7 heteroatoms. The van der Waals surface area contributed by atoms with Crippen molar-refractivity contribution in [1.29, 1.82) is 0 Å². The van der Waals surface area contributed by atoms with Crippen molar-refractivity contribution in [3.8, 4) is 0 Å². The zero-order valence-corrected chi connectivity index (χ0v) is 11.2. The van der Waals surface area contributed by atoms with Crippen LogP contribution in [0.25, 0.3) is 0 Å². The van der Waals surface area contributed by atoms with Gasteiger partial charge in [0, 0.05) is 17.6 Å². The Labute approximate surface area is 109 Å². The van der Waals surface area contributed by atoms with Crippen LogP contribution in [0.4, 0.5) is 4.79 Å². The highest BCUT2D eigenvalue weighted by molar-refractivity contribution is 7.09. The normalized spacial score (nSPS) is 12.2. The summed E-state index contributed by atoms with van der Waals surface area (Å²) >= 11 is 1.45. The zero-order chi connectivity index (χ0) is 13.5. The van der Waals surface area contributed by atoms with Crippen molar-refractivity contribution in [2.45, 2.75) is 20.4 Å². The molecular formula is C11H17N3O3S. The molecule has 1 aromatic heterocycles. The minimum Gasteiger partial charge on any atom is -0.481 e. The number of nitrogens with zero attached hydrogens (tertiary/aromatic N) is 1. The average Bonchev–Trinajstić information content (AvgIpc) is 2.78. The van der Waals surface area contributed by atoms with E-state index >= 15 is 0 Å². The lowest BCUT2D eigenvalue weighted by Gasteiger charge is -2.16. The molecule has 100 valence electrons. The number of hydrogen-bond acceptors (Lipinski definition) is 4. The van der Waals surface area contributed by atoms with Gasteiger partial charge in [0.2, 0.25) is 0 Å². The summed E-state index contributed by atoms with van der Waals surface area (Å²) in [5, 5.41) is 14.2. The Morgan fingerprint density at radius 3 is 2.67 bits per heavy atom. The van der Waals surface area contributed by atoms with Crippen LogP contribution in [-0.2, 0) is 11.3 Å². The monoisotopic (exact) mass is 271 g/mol. The Hall–Kier alpha value is -1.63. The highest BCUT2D eigenvalue weighted by Crippen LogP contribution is 2.09. The van der Waals surface area contributed by atoms with Gasteiger partial charge in [0.05, 0.1) is 18.0 Å². The Morgan fingerprint density at radius 1 is 1.44 bits per heavy atom. The molecular weight excluding hydrogens is 254 g/mol. The number of urea groups is 1. The molecule has 1 aromatic rings. The van der Waals surface area contributed by atoms with E-state index in [1.807, 2.05) is 13.8 Å². The van der Waals surface area contributed by atoms with Crippen LogP contribution in [0.15, 0.2) is 11.7 Å². The highest BCUT2D eigenvalue weighted by atomic mass is 32.1. The molecule has 0 spiro atoms. The van der Waals surface area contributed by atoms with Crippen molar-refractivity contribution in [1.82, 2.24) is 15.6 Å². The van der Waals surface area contributed by atoms with Gasteiger partial charge in [-0.25, -0.2) is 4.79 Å². The Bertz CT molecular complexity index is 392. The average molecular weight is 271 g/mol. The number of aromatic nitrogens is 1. The fourth-order valence-corrected chi connectivity index (χ4v) is 1.90. The van der Waals surface area contributed by atoms with Crippen LogP contribution in [-0.4, -0.2) is 28.6 Å². The van der Waals surface area contributed by atoms with E-state index < -0.39 is 11.9 Å². The van der Waals surface area contributed by atoms with E-state index in [0.717, 1.165) is 4.88 Å². The largest absolute Gasteiger partial charge is 0.481 e. The van der Waals surface area contributed by atoms with Crippen molar-refractivity contribution in [2.75, 3.05) is 6.54 Å². The number of rotatable bonds is 6. The van der Waals surface area contributed by atoms with Crippen molar-refractivity contribution in [2.24, 2.45) is 11.8 Å². The first-order valence-electron chi connectivity index (χ1n) is 5.62. The molecule has 0 fully saturated rings. The third-order valence-corrected chi connectivity index (χ3v) is 3.29. The predicted octanol–water partition coefficient (Wildman–Crippen LogP) is 1.30. The molecule has 0 aromatic carbocycles. The molecule has 0 radical (unpaired) electrons. The molecule has 1 rings (SSSR count). The van der Waals surface area contributed by atoms with Gasteiger partial charge < -0.3 is 15.7 Å². The van der Waals surface area contributed by atoms with Crippen LogP contribution in [0.3, 0.4) is 0 Å². The number of hydrogen-bond donors (Lipinski definition) is 3. The topological polar surface area (TPSA) is 91.3 Å². The summed E-state index contributed by atoms with van der Waals surface area (Å²) in [7, 11) is 0. The van der Waals surface area contributed by atoms with Gasteiger partial charge in [-0.3, -0.25) is 9.78 Å². The minimum atomic E-state index is -0.896. The molecule has 0 aliphatic heterocycles. The summed E-state index contributed by atoms with van der Waals surface area (Å²) < 4.78 is 0. The van der Waals surface area contributed by atoms with E-state index in [9.17, 15) is 9.59 Å². The molecule has 1 heterocycles. The first kappa shape index (κ1) is 14.4. The summed E-state index contributed by atoms with van der Waals surface area (Å²) in [5.74, 6) is -1.49. The van der Waals surface area contributed by atoms with Gasteiger partial charge in [-0.1, -0.05) is 13.8 Å². The summed E-state index contributed by atoms with van der Waals surface area (Å²) in [6, 6.07) is -0.365. The first-order chi connectivity index (χ1) is 8.50. The van der Waals surface area contributed by atoms with E-state index in [-0.39, 0.29) is 18.5 Å². The maximum Gasteiger partial charge on any atom is 0.315 e. The van der Waals surface area contributed by atoms with E-state index in [1.165, 1.54) is 11.3 Å². The lowest BCUT2D eigenvalue weighted by molar-refractivity contribution is -0.142. The molecule has 0 saturated carbocycles. The maximum atomic E-state index is 11.5. The molecule has 0 saturated heterocycles. The van der Waals surface area contributed by atoms with Gasteiger partial charge in [-0.2, -0.15) is 0 Å². The number of amides is 2. The third-order valence-electron chi connectivity index (χ3n) is 2.51. The van der Waals surface area contributed by atoms with Crippen molar-refractivity contribution in [3.63, 3.8) is 0 Å². The molecule has 0 aliphatic carbocycles. The summed E-state index contributed by atoms with van der Waals surface area (Å²) in [6.45, 7) is 4.16. The number of carbonyl (C=O) groups excluding carboxylic acids is 1. The number of thiazole rings is 1. The Balaban J connectivity index is 2.29. The van der Waals surface area contributed by atoms with Crippen LogP contribution < -0.4 is 10.6 Å². The van der Waals surface area contributed by atoms with Crippen molar-refractivity contribution < 1.29 is 14.7 Å². The SMILES string of the molecule is CC(C)C(CNC(=O)NCc1cncs1)C(=O)O. The highest BCUT2D eigenvalue weighted by Gasteiger charge is 2.21. The Morgan fingerprint density at radius 2 is 2.17 bits per heavy atom. The second-order valence-corrected chi connectivity index (χ2v) is 5.19. The van der Waals surface area contributed by atoms with Crippen LogP contribution in [0.1, 0.15) is 18.7 Å². The molecule has 0 aliphatic rings.